The van der Waals surface area contributed by atoms with Crippen LogP contribution in [0, 0.1) is 6.92 Å². The average molecular weight is 370 g/mol. The summed E-state index contributed by atoms with van der Waals surface area (Å²) >= 11 is 10.1. The van der Waals surface area contributed by atoms with Gasteiger partial charge in [-0.25, -0.2) is 0 Å². The zero-order valence-electron chi connectivity index (χ0n) is 12.3. The fourth-order valence-electron chi connectivity index (χ4n) is 2.31. The number of hydrogen-bond acceptors (Lipinski definition) is 2. The molecule has 0 aliphatic heterocycles. The minimum absolute atomic E-state index is 0.122. The van der Waals surface area contributed by atoms with Gasteiger partial charge < -0.3 is 9.47 Å². The average Bonchev–Trinajstić information content (AvgIpc) is 2.49. The lowest BCUT2D eigenvalue weighted by Gasteiger charge is -2.18. The van der Waals surface area contributed by atoms with E-state index in [0.29, 0.717) is 16.5 Å². The first-order valence-corrected chi connectivity index (χ1v) is 7.96. The lowest BCUT2D eigenvalue weighted by Crippen LogP contribution is -2.01. The number of hydrogen-bond donors (Lipinski definition) is 0. The van der Waals surface area contributed by atoms with Crippen molar-refractivity contribution in [2.75, 3.05) is 14.2 Å². The van der Waals surface area contributed by atoms with E-state index in [9.17, 15) is 0 Å². The van der Waals surface area contributed by atoms with Gasteiger partial charge >= 0.3 is 0 Å². The Labute approximate surface area is 139 Å². The SMILES string of the molecule is COc1ccc(C(Br)Cc2ccccc2C)c(OC)c1Cl. The minimum atomic E-state index is 0.122. The largest absolute Gasteiger partial charge is 0.495 e. The zero-order valence-corrected chi connectivity index (χ0v) is 14.7. The lowest BCUT2D eigenvalue weighted by molar-refractivity contribution is 0.391. The van der Waals surface area contributed by atoms with Gasteiger partial charge in [-0.3, -0.25) is 0 Å². The van der Waals surface area contributed by atoms with Crippen LogP contribution in [0.4, 0.5) is 0 Å². The molecule has 0 heterocycles. The van der Waals surface area contributed by atoms with Crippen molar-refractivity contribution in [3.63, 3.8) is 0 Å². The van der Waals surface area contributed by atoms with Crippen molar-refractivity contribution in [2.24, 2.45) is 0 Å². The van der Waals surface area contributed by atoms with Crippen LogP contribution >= 0.6 is 27.5 Å². The molecule has 112 valence electrons. The van der Waals surface area contributed by atoms with Crippen LogP contribution in [0.3, 0.4) is 0 Å². The van der Waals surface area contributed by atoms with E-state index in [1.807, 2.05) is 18.2 Å². The quantitative estimate of drug-likeness (QED) is 0.662. The Bertz CT molecular complexity index is 628. The number of benzene rings is 2. The zero-order chi connectivity index (χ0) is 15.4. The first kappa shape index (κ1) is 16.2. The smallest absolute Gasteiger partial charge is 0.145 e. The second kappa shape index (κ2) is 7.19. The lowest BCUT2D eigenvalue weighted by atomic mass is 10.00. The predicted octanol–water partition coefficient (Wildman–Crippen LogP) is 5.34. The van der Waals surface area contributed by atoms with E-state index in [2.05, 4.69) is 41.1 Å². The highest BCUT2D eigenvalue weighted by Crippen LogP contribution is 2.42. The van der Waals surface area contributed by atoms with E-state index in [1.54, 1.807) is 14.2 Å². The van der Waals surface area contributed by atoms with E-state index in [4.69, 9.17) is 21.1 Å². The van der Waals surface area contributed by atoms with Crippen LogP contribution in [0.1, 0.15) is 21.5 Å². The Morgan fingerprint density at radius 3 is 2.43 bits per heavy atom. The van der Waals surface area contributed by atoms with Crippen LogP contribution in [0.25, 0.3) is 0 Å². The van der Waals surface area contributed by atoms with E-state index < -0.39 is 0 Å². The van der Waals surface area contributed by atoms with Crippen molar-refractivity contribution >= 4 is 27.5 Å². The fraction of sp³-hybridized carbons (Fsp3) is 0.294. The minimum Gasteiger partial charge on any atom is -0.495 e. The highest BCUT2D eigenvalue weighted by Gasteiger charge is 2.19. The standard InChI is InChI=1S/C17H18BrClO2/c1-11-6-4-5-7-12(11)10-14(18)13-8-9-15(20-2)16(19)17(13)21-3/h4-9,14H,10H2,1-3H3. The molecule has 0 bridgehead atoms. The molecular weight excluding hydrogens is 352 g/mol. The number of halogens is 2. The van der Waals surface area contributed by atoms with Gasteiger partial charge in [-0.05, 0) is 30.5 Å². The molecule has 2 aromatic rings. The Morgan fingerprint density at radius 1 is 1.10 bits per heavy atom. The molecule has 0 saturated carbocycles. The van der Waals surface area contributed by atoms with Gasteiger partial charge in [0.1, 0.15) is 16.5 Å². The van der Waals surface area contributed by atoms with Crippen molar-refractivity contribution in [2.45, 2.75) is 18.2 Å². The molecule has 0 aromatic heterocycles. The van der Waals surface area contributed by atoms with Crippen LogP contribution in [-0.2, 0) is 6.42 Å². The molecule has 0 aliphatic rings. The molecule has 2 nitrogen and oxygen atoms in total. The third-order valence-electron chi connectivity index (χ3n) is 3.51. The van der Waals surface area contributed by atoms with E-state index in [0.717, 1.165) is 12.0 Å². The second-order valence-electron chi connectivity index (χ2n) is 4.80. The molecular formula is C17H18BrClO2. The summed E-state index contributed by atoms with van der Waals surface area (Å²) in [5.74, 6) is 1.28. The van der Waals surface area contributed by atoms with Crippen LogP contribution in [0.15, 0.2) is 36.4 Å². The summed E-state index contributed by atoms with van der Waals surface area (Å²) in [5, 5.41) is 0.506. The summed E-state index contributed by atoms with van der Waals surface area (Å²) in [6.07, 6.45) is 0.867. The molecule has 0 N–H and O–H groups in total. The molecule has 21 heavy (non-hydrogen) atoms. The normalized spacial score (nSPS) is 12.0. The number of ether oxygens (including phenoxy) is 2. The van der Waals surface area contributed by atoms with Crippen molar-refractivity contribution in [3.05, 3.63) is 58.1 Å². The summed E-state index contributed by atoms with van der Waals surface area (Å²) in [6.45, 7) is 2.12. The fourth-order valence-corrected chi connectivity index (χ4v) is 3.34. The number of rotatable bonds is 5. The number of aryl methyl sites for hydroxylation is 1. The highest BCUT2D eigenvalue weighted by molar-refractivity contribution is 9.09. The van der Waals surface area contributed by atoms with Crippen molar-refractivity contribution in [1.29, 1.82) is 0 Å². The number of alkyl halides is 1. The monoisotopic (exact) mass is 368 g/mol. The molecule has 1 unspecified atom stereocenters. The molecule has 1 atom stereocenters. The molecule has 0 spiro atoms. The maximum absolute atomic E-state index is 6.32. The summed E-state index contributed by atoms with van der Waals surface area (Å²) in [4.78, 5) is 0.122. The van der Waals surface area contributed by atoms with Gasteiger partial charge in [-0.15, -0.1) is 0 Å². The third kappa shape index (κ3) is 3.53. The molecule has 4 heteroatoms. The first-order chi connectivity index (χ1) is 10.1. The first-order valence-electron chi connectivity index (χ1n) is 6.67. The van der Waals surface area contributed by atoms with E-state index in [1.165, 1.54) is 11.1 Å². The van der Waals surface area contributed by atoms with Crippen molar-refractivity contribution in [1.82, 2.24) is 0 Å². The molecule has 0 saturated heterocycles. The summed E-state index contributed by atoms with van der Waals surface area (Å²) < 4.78 is 10.7. The molecule has 0 radical (unpaired) electrons. The predicted molar refractivity (Wildman–Crippen MR) is 91.1 cm³/mol. The van der Waals surface area contributed by atoms with Gasteiger partial charge in [0.2, 0.25) is 0 Å². The summed E-state index contributed by atoms with van der Waals surface area (Å²) in [7, 11) is 3.22. The molecule has 0 amide bonds. The van der Waals surface area contributed by atoms with Gasteiger partial charge in [0.05, 0.1) is 14.2 Å². The molecule has 2 aromatic carbocycles. The molecule has 2 rings (SSSR count). The van der Waals surface area contributed by atoms with Gasteiger partial charge in [-0.1, -0.05) is 57.9 Å². The summed E-state index contributed by atoms with van der Waals surface area (Å²) in [6, 6.07) is 12.2. The van der Waals surface area contributed by atoms with Gasteiger partial charge in [-0.2, -0.15) is 0 Å². The van der Waals surface area contributed by atoms with Gasteiger partial charge in [0.15, 0.2) is 0 Å². The van der Waals surface area contributed by atoms with E-state index in [-0.39, 0.29) is 4.83 Å². The maximum atomic E-state index is 6.32. The second-order valence-corrected chi connectivity index (χ2v) is 6.29. The third-order valence-corrected chi connectivity index (χ3v) is 4.69. The van der Waals surface area contributed by atoms with Crippen LogP contribution in [-0.4, -0.2) is 14.2 Å². The van der Waals surface area contributed by atoms with Crippen LogP contribution < -0.4 is 9.47 Å². The van der Waals surface area contributed by atoms with Gasteiger partial charge in [0, 0.05) is 10.4 Å². The Kier molecular flexibility index (Phi) is 5.54. The van der Waals surface area contributed by atoms with Crippen LogP contribution in [0.2, 0.25) is 5.02 Å². The Hall–Kier alpha value is -1.19. The van der Waals surface area contributed by atoms with Gasteiger partial charge in [0.25, 0.3) is 0 Å². The highest BCUT2D eigenvalue weighted by atomic mass is 79.9. The van der Waals surface area contributed by atoms with Crippen molar-refractivity contribution < 1.29 is 9.47 Å². The Morgan fingerprint density at radius 2 is 1.81 bits per heavy atom. The number of methoxy groups -OCH3 is 2. The summed E-state index contributed by atoms with van der Waals surface area (Å²) in [5.41, 5.74) is 3.60. The van der Waals surface area contributed by atoms with E-state index >= 15 is 0 Å². The van der Waals surface area contributed by atoms with Crippen LogP contribution in [0.5, 0.6) is 11.5 Å². The molecule has 0 aliphatic carbocycles. The van der Waals surface area contributed by atoms with Crippen molar-refractivity contribution in [3.8, 4) is 11.5 Å². The topological polar surface area (TPSA) is 18.5 Å². The Balaban J connectivity index is 2.33. The molecule has 0 fully saturated rings. The maximum Gasteiger partial charge on any atom is 0.145 e.